The number of aliphatic carboxylic acids is 1. The Kier molecular flexibility index (Phi) is 5.90. The molecule has 1 rings (SSSR count). The molecule has 0 unspecified atom stereocenters. The number of hydrogen-bond donors (Lipinski definition) is 1. The van der Waals surface area contributed by atoms with Crippen LogP contribution in [0.4, 0.5) is 0 Å². The van der Waals surface area contributed by atoms with Crippen LogP contribution in [-0.2, 0) is 4.79 Å². The number of rotatable bonds is 6. The fourth-order valence-corrected chi connectivity index (χ4v) is 1.79. The van der Waals surface area contributed by atoms with Gasteiger partial charge in [0.25, 0.3) is 0 Å². The van der Waals surface area contributed by atoms with Crippen LogP contribution in [0.2, 0.25) is 0 Å². The van der Waals surface area contributed by atoms with E-state index in [1.807, 2.05) is 13.0 Å². The average Bonchev–Trinajstić information content (AvgIpc) is 2.37. The van der Waals surface area contributed by atoms with Crippen LogP contribution < -0.4 is 9.47 Å². The van der Waals surface area contributed by atoms with Gasteiger partial charge in [0.2, 0.25) is 0 Å². The van der Waals surface area contributed by atoms with Crippen LogP contribution in [0.25, 0.3) is 6.08 Å². The maximum atomic E-state index is 10.5. The smallest absolute Gasteiger partial charge is 0.328 e. The second-order valence-electron chi connectivity index (χ2n) is 3.37. The molecule has 1 N–H and O–H groups in total. The molecule has 5 nitrogen and oxygen atoms in total. The van der Waals surface area contributed by atoms with Gasteiger partial charge in [-0.1, -0.05) is 15.9 Å². The van der Waals surface area contributed by atoms with Crippen molar-refractivity contribution in [3.63, 3.8) is 0 Å². The van der Waals surface area contributed by atoms with Crippen LogP contribution in [0.3, 0.4) is 0 Å². The van der Waals surface area contributed by atoms with Crippen LogP contribution in [0.1, 0.15) is 12.5 Å². The van der Waals surface area contributed by atoms with Crippen molar-refractivity contribution in [2.75, 3.05) is 13.2 Å². The highest BCUT2D eigenvalue weighted by atomic mass is 79.9. The van der Waals surface area contributed by atoms with Gasteiger partial charge in [-0.3, -0.25) is 0 Å². The lowest BCUT2D eigenvalue weighted by Crippen LogP contribution is -2.00. The van der Waals surface area contributed by atoms with Gasteiger partial charge in [-0.05, 0) is 30.7 Å². The molecule has 0 atom stereocenters. The molecule has 100 valence electrons. The molecule has 1 aromatic carbocycles. The summed E-state index contributed by atoms with van der Waals surface area (Å²) in [4.78, 5) is 10.5. The molecule has 19 heavy (non-hydrogen) atoms. The molecule has 0 heterocycles. The van der Waals surface area contributed by atoms with Crippen LogP contribution >= 0.6 is 15.9 Å². The molecule has 0 bridgehead atoms. The second-order valence-corrected chi connectivity index (χ2v) is 4.23. The summed E-state index contributed by atoms with van der Waals surface area (Å²) in [5, 5.41) is 17.1. The zero-order chi connectivity index (χ0) is 14.3. The van der Waals surface area contributed by atoms with Gasteiger partial charge < -0.3 is 14.6 Å². The van der Waals surface area contributed by atoms with Gasteiger partial charge in [0, 0.05) is 10.5 Å². The van der Waals surface area contributed by atoms with E-state index in [-0.39, 0.29) is 6.61 Å². The Morgan fingerprint density at radius 2 is 2.16 bits per heavy atom. The summed E-state index contributed by atoms with van der Waals surface area (Å²) in [5.74, 6) is -0.136. The first-order chi connectivity index (χ1) is 9.08. The van der Waals surface area contributed by atoms with Crippen molar-refractivity contribution >= 4 is 28.0 Å². The fourth-order valence-electron chi connectivity index (χ4n) is 1.33. The lowest BCUT2D eigenvalue weighted by atomic mass is 10.2. The Morgan fingerprint density at radius 3 is 2.74 bits per heavy atom. The molecule has 1 aromatic rings. The molecule has 6 heteroatoms. The predicted octanol–water partition coefficient (Wildman–Crippen LogP) is 2.85. The van der Waals surface area contributed by atoms with E-state index in [0.717, 1.165) is 6.08 Å². The number of carboxylic acid groups (broad SMARTS) is 1. The molecule has 0 aliphatic carbocycles. The molecule has 0 aromatic heterocycles. The average molecular weight is 326 g/mol. The van der Waals surface area contributed by atoms with E-state index in [0.29, 0.717) is 28.1 Å². The minimum atomic E-state index is -1.03. The standard InChI is InChI=1S/C13H12BrNO4/c1-2-18-11-7-9(3-4-13(16)17)10(14)8-12(11)19-6-5-15/h3-4,7-8H,2,6H2,1H3,(H,16,17)/b4-3+. The summed E-state index contributed by atoms with van der Waals surface area (Å²) in [6, 6.07) is 5.17. The molecular formula is C13H12BrNO4. The van der Waals surface area contributed by atoms with Crippen molar-refractivity contribution in [1.29, 1.82) is 5.26 Å². The summed E-state index contributed by atoms with van der Waals surface area (Å²) in [6.45, 7) is 2.17. The highest BCUT2D eigenvalue weighted by Crippen LogP contribution is 2.34. The number of hydrogen-bond acceptors (Lipinski definition) is 4. The molecular weight excluding hydrogens is 314 g/mol. The molecule has 0 fully saturated rings. The van der Waals surface area contributed by atoms with E-state index >= 15 is 0 Å². The van der Waals surface area contributed by atoms with Crippen molar-refractivity contribution in [3.8, 4) is 17.6 Å². The molecule has 0 spiro atoms. The molecule has 0 aliphatic rings. The van der Waals surface area contributed by atoms with Crippen LogP contribution in [0.15, 0.2) is 22.7 Å². The molecule has 0 radical (unpaired) electrons. The van der Waals surface area contributed by atoms with Gasteiger partial charge >= 0.3 is 5.97 Å². The number of carboxylic acids is 1. The molecule has 0 saturated heterocycles. The number of carbonyl (C=O) groups is 1. The Bertz CT molecular complexity index is 534. The van der Waals surface area contributed by atoms with E-state index in [1.165, 1.54) is 6.08 Å². The van der Waals surface area contributed by atoms with Crippen molar-refractivity contribution in [2.45, 2.75) is 6.92 Å². The van der Waals surface area contributed by atoms with Gasteiger partial charge in [0.05, 0.1) is 6.61 Å². The first-order valence-electron chi connectivity index (χ1n) is 5.45. The van der Waals surface area contributed by atoms with E-state index in [9.17, 15) is 4.79 Å². The van der Waals surface area contributed by atoms with E-state index in [1.54, 1.807) is 12.1 Å². The van der Waals surface area contributed by atoms with E-state index < -0.39 is 5.97 Å². The highest BCUT2D eigenvalue weighted by molar-refractivity contribution is 9.10. The van der Waals surface area contributed by atoms with Gasteiger partial charge in [-0.15, -0.1) is 0 Å². The minimum Gasteiger partial charge on any atom is -0.490 e. The molecule has 0 amide bonds. The third-order valence-corrected chi connectivity index (χ3v) is 2.75. The maximum Gasteiger partial charge on any atom is 0.328 e. The SMILES string of the molecule is CCOc1cc(/C=C/C(=O)O)c(Br)cc1OCC#N. The normalized spacial score (nSPS) is 10.2. The van der Waals surface area contributed by atoms with Crippen molar-refractivity contribution in [3.05, 3.63) is 28.2 Å². The monoisotopic (exact) mass is 325 g/mol. The Labute approximate surface area is 119 Å². The fraction of sp³-hybridized carbons (Fsp3) is 0.231. The summed E-state index contributed by atoms with van der Waals surface area (Å²) >= 11 is 3.31. The lowest BCUT2D eigenvalue weighted by molar-refractivity contribution is -0.131. The summed E-state index contributed by atoms with van der Waals surface area (Å²) in [6.07, 6.45) is 2.48. The highest BCUT2D eigenvalue weighted by Gasteiger charge is 2.09. The first kappa shape index (κ1) is 15.1. The zero-order valence-corrected chi connectivity index (χ0v) is 11.8. The minimum absolute atomic E-state index is 0.0865. The largest absolute Gasteiger partial charge is 0.490 e. The van der Waals surface area contributed by atoms with Crippen LogP contribution in [0.5, 0.6) is 11.5 Å². The quantitative estimate of drug-likeness (QED) is 0.813. The summed E-state index contributed by atoms with van der Waals surface area (Å²) in [7, 11) is 0. The number of nitriles is 1. The first-order valence-corrected chi connectivity index (χ1v) is 6.24. The van der Waals surface area contributed by atoms with Crippen molar-refractivity contribution in [1.82, 2.24) is 0 Å². The second kappa shape index (κ2) is 7.44. The topological polar surface area (TPSA) is 79.6 Å². The number of halogens is 1. The summed E-state index contributed by atoms with van der Waals surface area (Å²) < 4.78 is 11.3. The van der Waals surface area contributed by atoms with Gasteiger partial charge in [0.15, 0.2) is 18.1 Å². The lowest BCUT2D eigenvalue weighted by Gasteiger charge is -2.12. The summed E-state index contributed by atoms with van der Waals surface area (Å²) in [5.41, 5.74) is 0.648. The third kappa shape index (κ3) is 4.64. The van der Waals surface area contributed by atoms with E-state index in [2.05, 4.69) is 15.9 Å². The van der Waals surface area contributed by atoms with Gasteiger partial charge in [-0.2, -0.15) is 5.26 Å². The van der Waals surface area contributed by atoms with Crippen LogP contribution in [-0.4, -0.2) is 24.3 Å². The third-order valence-electron chi connectivity index (χ3n) is 2.06. The molecule has 0 saturated carbocycles. The Hall–Kier alpha value is -2.00. The van der Waals surface area contributed by atoms with Gasteiger partial charge in [0.1, 0.15) is 6.07 Å². The maximum absolute atomic E-state index is 10.5. The number of ether oxygens (including phenoxy) is 2. The van der Waals surface area contributed by atoms with E-state index in [4.69, 9.17) is 19.8 Å². The van der Waals surface area contributed by atoms with Crippen LogP contribution in [0, 0.1) is 11.3 Å². The Balaban J connectivity index is 3.12. The number of nitrogens with zero attached hydrogens (tertiary/aromatic N) is 1. The predicted molar refractivity (Wildman–Crippen MR) is 73.1 cm³/mol. The van der Waals surface area contributed by atoms with Gasteiger partial charge in [-0.25, -0.2) is 4.79 Å². The zero-order valence-electron chi connectivity index (χ0n) is 10.2. The van der Waals surface area contributed by atoms with Crippen molar-refractivity contribution in [2.24, 2.45) is 0 Å². The molecule has 0 aliphatic heterocycles. The Morgan fingerprint density at radius 1 is 1.47 bits per heavy atom. The number of benzene rings is 1. The van der Waals surface area contributed by atoms with Crippen molar-refractivity contribution < 1.29 is 19.4 Å².